The first-order chi connectivity index (χ1) is 7.67. The lowest BCUT2D eigenvalue weighted by molar-refractivity contribution is 0.0600. The summed E-state index contributed by atoms with van der Waals surface area (Å²) in [6.07, 6.45) is 0.674. The van der Waals surface area contributed by atoms with Gasteiger partial charge in [0.2, 0.25) is 0 Å². The predicted molar refractivity (Wildman–Crippen MR) is 58.4 cm³/mol. The molecule has 0 aliphatic carbocycles. The van der Waals surface area contributed by atoms with Gasteiger partial charge in [0.25, 0.3) is 0 Å². The minimum absolute atomic E-state index is 0.327. The van der Waals surface area contributed by atoms with Crippen LogP contribution in [0.1, 0.15) is 28.4 Å². The summed E-state index contributed by atoms with van der Waals surface area (Å²) in [5.41, 5.74) is 1.58. The Kier molecular flexibility index (Phi) is 3.90. The molecule has 0 unspecified atom stereocenters. The monoisotopic (exact) mass is 219 g/mol. The molecule has 4 heteroatoms. The number of carbonyl (C=O) groups is 1. The lowest BCUT2D eigenvalue weighted by Crippen LogP contribution is -2.04. The van der Waals surface area contributed by atoms with Crippen LogP contribution in [0, 0.1) is 11.3 Å². The van der Waals surface area contributed by atoms with E-state index in [1.807, 2.05) is 6.92 Å². The summed E-state index contributed by atoms with van der Waals surface area (Å²) in [7, 11) is 2.81. The Hall–Kier alpha value is -2.02. The molecule has 1 aromatic rings. The molecule has 0 radical (unpaired) electrons. The van der Waals surface area contributed by atoms with E-state index >= 15 is 0 Å². The molecule has 0 aromatic heterocycles. The summed E-state index contributed by atoms with van der Waals surface area (Å²) in [4.78, 5) is 11.4. The Morgan fingerprint density at radius 1 is 1.44 bits per heavy atom. The maximum Gasteiger partial charge on any atom is 0.338 e. The predicted octanol–water partition coefficient (Wildman–Crippen LogP) is 1.92. The zero-order valence-electron chi connectivity index (χ0n) is 9.53. The summed E-state index contributed by atoms with van der Waals surface area (Å²) < 4.78 is 9.76. The van der Waals surface area contributed by atoms with Gasteiger partial charge < -0.3 is 9.47 Å². The third kappa shape index (κ3) is 2.14. The van der Waals surface area contributed by atoms with Crippen LogP contribution >= 0.6 is 0 Å². The van der Waals surface area contributed by atoms with E-state index in [2.05, 4.69) is 10.8 Å². The maximum atomic E-state index is 11.4. The van der Waals surface area contributed by atoms with Crippen molar-refractivity contribution in [3.05, 3.63) is 28.8 Å². The molecule has 0 saturated heterocycles. The highest BCUT2D eigenvalue weighted by atomic mass is 16.5. The first-order valence-electron chi connectivity index (χ1n) is 4.87. The highest BCUT2D eigenvalue weighted by Gasteiger charge is 2.14. The zero-order chi connectivity index (χ0) is 12.1. The number of esters is 1. The summed E-state index contributed by atoms with van der Waals surface area (Å²) in [6.45, 7) is 1.93. The van der Waals surface area contributed by atoms with Gasteiger partial charge in [-0.1, -0.05) is 6.92 Å². The summed E-state index contributed by atoms with van der Waals surface area (Å²) >= 11 is 0. The fourth-order valence-corrected chi connectivity index (χ4v) is 1.53. The largest absolute Gasteiger partial charge is 0.496 e. The highest BCUT2D eigenvalue weighted by Crippen LogP contribution is 2.25. The number of methoxy groups -OCH3 is 2. The molecule has 0 amide bonds. The van der Waals surface area contributed by atoms with E-state index in [-0.39, 0.29) is 0 Å². The van der Waals surface area contributed by atoms with Crippen molar-refractivity contribution < 1.29 is 14.3 Å². The number of benzene rings is 1. The van der Waals surface area contributed by atoms with E-state index in [4.69, 9.17) is 10.00 Å². The molecule has 0 spiro atoms. The molecule has 0 heterocycles. The van der Waals surface area contributed by atoms with Crippen LogP contribution < -0.4 is 4.74 Å². The number of rotatable bonds is 3. The third-order valence-electron chi connectivity index (χ3n) is 2.32. The van der Waals surface area contributed by atoms with Crippen molar-refractivity contribution in [2.45, 2.75) is 13.3 Å². The number of ether oxygens (including phenoxy) is 2. The van der Waals surface area contributed by atoms with Crippen LogP contribution in [0.4, 0.5) is 0 Å². The van der Waals surface area contributed by atoms with Crippen molar-refractivity contribution in [3.8, 4) is 11.8 Å². The van der Waals surface area contributed by atoms with Gasteiger partial charge in [0.1, 0.15) is 5.75 Å². The molecule has 84 valence electrons. The van der Waals surface area contributed by atoms with Gasteiger partial charge in [0.15, 0.2) is 0 Å². The fourth-order valence-electron chi connectivity index (χ4n) is 1.53. The first-order valence-corrected chi connectivity index (χ1v) is 4.87. The molecule has 0 bridgehead atoms. The molecule has 16 heavy (non-hydrogen) atoms. The third-order valence-corrected chi connectivity index (χ3v) is 2.32. The number of carbonyl (C=O) groups excluding carboxylic acids is 1. The van der Waals surface area contributed by atoms with Gasteiger partial charge in [-0.25, -0.2) is 4.79 Å². The standard InChI is InChI=1S/C12H13NO3/c1-4-10-9(7-13)5-8(12(14)16-3)6-11(10)15-2/h5-6H,4H2,1-3H3. The van der Waals surface area contributed by atoms with Gasteiger partial charge in [-0.3, -0.25) is 0 Å². The Morgan fingerprint density at radius 3 is 2.56 bits per heavy atom. The van der Waals surface area contributed by atoms with E-state index < -0.39 is 5.97 Å². The average molecular weight is 219 g/mol. The van der Waals surface area contributed by atoms with Crippen molar-refractivity contribution in [1.82, 2.24) is 0 Å². The second-order valence-corrected chi connectivity index (χ2v) is 3.16. The molecule has 0 atom stereocenters. The molecule has 0 fully saturated rings. The average Bonchev–Trinajstić information content (AvgIpc) is 2.35. The van der Waals surface area contributed by atoms with Crippen molar-refractivity contribution in [2.75, 3.05) is 14.2 Å². The quantitative estimate of drug-likeness (QED) is 0.728. The molecular weight excluding hydrogens is 206 g/mol. The minimum atomic E-state index is -0.475. The highest BCUT2D eigenvalue weighted by molar-refractivity contribution is 5.90. The van der Waals surface area contributed by atoms with Gasteiger partial charge in [-0.05, 0) is 18.6 Å². The number of hydrogen-bond acceptors (Lipinski definition) is 4. The maximum absolute atomic E-state index is 11.4. The van der Waals surface area contributed by atoms with Gasteiger partial charge in [0, 0.05) is 5.56 Å². The molecule has 0 saturated carbocycles. The van der Waals surface area contributed by atoms with Crippen molar-refractivity contribution in [3.63, 3.8) is 0 Å². The second kappa shape index (κ2) is 5.17. The molecular formula is C12H13NO3. The van der Waals surface area contributed by atoms with Crippen LogP contribution in [0.25, 0.3) is 0 Å². The lowest BCUT2D eigenvalue weighted by atomic mass is 10.0. The van der Waals surface area contributed by atoms with Crippen molar-refractivity contribution >= 4 is 5.97 Å². The van der Waals surface area contributed by atoms with E-state index in [1.54, 1.807) is 6.07 Å². The van der Waals surface area contributed by atoms with Gasteiger partial charge in [0.05, 0.1) is 31.4 Å². The fraction of sp³-hybridized carbons (Fsp3) is 0.333. The normalized spacial score (nSPS) is 9.38. The van der Waals surface area contributed by atoms with E-state index in [1.165, 1.54) is 20.3 Å². The minimum Gasteiger partial charge on any atom is -0.496 e. The van der Waals surface area contributed by atoms with Gasteiger partial charge >= 0.3 is 5.97 Å². The van der Waals surface area contributed by atoms with Crippen LogP contribution in [0.3, 0.4) is 0 Å². The number of hydrogen-bond donors (Lipinski definition) is 0. The van der Waals surface area contributed by atoms with Crippen LogP contribution in [0.15, 0.2) is 12.1 Å². The Labute approximate surface area is 94.4 Å². The molecule has 0 N–H and O–H groups in total. The lowest BCUT2D eigenvalue weighted by Gasteiger charge is -2.10. The molecule has 4 nitrogen and oxygen atoms in total. The summed E-state index contributed by atoms with van der Waals surface area (Å²) in [6, 6.07) is 5.16. The van der Waals surface area contributed by atoms with E-state index in [9.17, 15) is 4.79 Å². The van der Waals surface area contributed by atoms with Crippen molar-refractivity contribution in [2.24, 2.45) is 0 Å². The van der Waals surface area contributed by atoms with Gasteiger partial charge in [-0.15, -0.1) is 0 Å². The van der Waals surface area contributed by atoms with E-state index in [0.717, 1.165) is 5.56 Å². The van der Waals surface area contributed by atoms with Gasteiger partial charge in [-0.2, -0.15) is 5.26 Å². The van der Waals surface area contributed by atoms with Crippen LogP contribution in [-0.2, 0) is 11.2 Å². The number of nitrogens with zero attached hydrogens (tertiary/aromatic N) is 1. The second-order valence-electron chi connectivity index (χ2n) is 3.16. The first kappa shape index (κ1) is 12.1. The van der Waals surface area contributed by atoms with E-state index in [0.29, 0.717) is 23.3 Å². The summed E-state index contributed by atoms with van der Waals surface area (Å²) in [5.74, 6) is 0.0689. The molecule has 1 aromatic carbocycles. The van der Waals surface area contributed by atoms with Crippen LogP contribution in [0.2, 0.25) is 0 Å². The SMILES string of the molecule is CCc1c(C#N)cc(C(=O)OC)cc1OC. The van der Waals surface area contributed by atoms with Crippen LogP contribution in [0.5, 0.6) is 5.75 Å². The van der Waals surface area contributed by atoms with Crippen LogP contribution in [-0.4, -0.2) is 20.2 Å². The number of nitriles is 1. The Morgan fingerprint density at radius 2 is 2.12 bits per heavy atom. The topological polar surface area (TPSA) is 59.3 Å². The van der Waals surface area contributed by atoms with Crippen molar-refractivity contribution in [1.29, 1.82) is 5.26 Å². The molecule has 0 aliphatic heterocycles. The molecule has 0 aliphatic rings. The summed E-state index contributed by atoms with van der Waals surface area (Å²) in [5, 5.41) is 8.99. The Balaban J connectivity index is 3.38. The smallest absolute Gasteiger partial charge is 0.338 e. The molecule has 1 rings (SSSR count). The zero-order valence-corrected chi connectivity index (χ0v) is 9.53. The Bertz CT molecular complexity index is 446.